The molecule has 58 heavy (non-hydrogen) atoms. The molecule has 1 unspecified atom stereocenters. The first-order valence-corrected chi connectivity index (χ1v) is 23.5. The number of hydrogen-bond donors (Lipinski definition) is 1. The Kier molecular flexibility index (Phi) is 28.1. The number of quaternary nitrogens is 1. The Hall–Kier alpha value is -2.55. The SMILES string of the molecule is [2H]C([2H])([2H])[N+](CCOP(=O)(O)OC[C@@H](COC(=O)CC/C=C\C/C=C\C/C=C\C/C=C\C/C=C\C/C=C\CC)OC(=O)CCCCCCCCCCCCCCCCC)(C([2H])([2H])[2H])C([2H])([2H])[2H]. The second-order valence-electron chi connectivity index (χ2n) is 14.6. The van der Waals surface area contributed by atoms with Crippen LogP contribution in [0.1, 0.15) is 180 Å². The molecule has 0 saturated carbocycles. The molecule has 0 amide bonds. The molecule has 0 heterocycles. The maximum atomic E-state index is 12.8. The molecule has 0 aliphatic carbocycles. The number of unbranched alkanes of at least 4 members (excludes halogenated alkanes) is 14. The van der Waals surface area contributed by atoms with Crippen LogP contribution in [0.2, 0.25) is 0 Å². The van der Waals surface area contributed by atoms with E-state index >= 15 is 0 Å². The number of carbonyl (C=O) groups is 2. The second-order valence-corrected chi connectivity index (χ2v) is 16.0. The predicted octanol–water partition coefficient (Wildman–Crippen LogP) is 13.0. The van der Waals surface area contributed by atoms with Crippen molar-refractivity contribution in [1.82, 2.24) is 0 Å². The molecule has 1 N–H and O–H groups in total. The summed E-state index contributed by atoms with van der Waals surface area (Å²) in [6.45, 7) is -10.0. The van der Waals surface area contributed by atoms with Crippen LogP contribution in [0.15, 0.2) is 72.9 Å². The van der Waals surface area contributed by atoms with E-state index in [1.165, 1.54) is 64.2 Å². The van der Waals surface area contributed by atoms with Crippen LogP contribution in [-0.2, 0) is 32.7 Å². The Morgan fingerprint density at radius 3 is 1.50 bits per heavy atom. The van der Waals surface area contributed by atoms with Crippen LogP contribution in [0.5, 0.6) is 0 Å². The Morgan fingerprint density at radius 1 is 0.586 bits per heavy atom. The molecule has 0 aromatic carbocycles. The standard InChI is InChI=1S/C48H84NO8P/c1-6-8-10-12-14-16-18-20-22-23-24-25-27-28-30-32-34-36-38-40-47(50)54-44-46(45-56-58(52,53)55-43-42-49(3,4)5)57-48(51)41-39-37-35-33-31-29-26-21-19-17-15-13-11-9-7-2/h8,10,14,16,20,22,24-25,28,30,34,36,46H,6-7,9,11-13,15,17-19,21,23,26-27,29,31-33,35,37-45H2,1-5H3/p+1/b10-8-,16-14-,22-20-,25-24-,30-28-,36-34-/t46-/m1/s1/i3D3,4D3,5D3. The van der Waals surface area contributed by atoms with Gasteiger partial charge in [-0.2, -0.15) is 0 Å². The number of hydrogen-bond acceptors (Lipinski definition) is 7. The number of phosphoric ester groups is 1. The number of esters is 2. The van der Waals surface area contributed by atoms with Crippen LogP contribution in [0, 0.1) is 0 Å². The van der Waals surface area contributed by atoms with Gasteiger partial charge in [0.05, 0.1) is 39.9 Å². The van der Waals surface area contributed by atoms with Gasteiger partial charge in [0.25, 0.3) is 0 Å². The molecule has 0 radical (unpaired) electrons. The molecule has 0 rings (SSSR count). The van der Waals surface area contributed by atoms with E-state index in [-0.39, 0.29) is 12.8 Å². The Balaban J connectivity index is 5.04. The number of likely N-dealkylation sites (N-methyl/N-ethyl adjacent to an activating group) is 1. The molecule has 9 nitrogen and oxygen atoms in total. The third-order valence-electron chi connectivity index (χ3n) is 8.93. The molecule has 0 aromatic heterocycles. The highest BCUT2D eigenvalue weighted by molar-refractivity contribution is 7.47. The van der Waals surface area contributed by atoms with Crippen molar-refractivity contribution in [3.05, 3.63) is 72.9 Å². The first kappa shape index (κ1) is 40.8. The predicted molar refractivity (Wildman–Crippen MR) is 242 cm³/mol. The first-order chi connectivity index (χ1) is 31.7. The number of nitrogens with zero attached hydrogens (tertiary/aromatic N) is 1. The third kappa shape index (κ3) is 43.0. The van der Waals surface area contributed by atoms with Crippen LogP contribution < -0.4 is 0 Å². The quantitative estimate of drug-likeness (QED) is 0.0214. The van der Waals surface area contributed by atoms with Crippen molar-refractivity contribution < 1.29 is 54.4 Å². The zero-order valence-corrected chi connectivity index (χ0v) is 36.9. The van der Waals surface area contributed by atoms with E-state index < -0.39 is 77.6 Å². The van der Waals surface area contributed by atoms with Crippen molar-refractivity contribution in [2.75, 3.05) is 47.3 Å². The Labute approximate surface area is 367 Å². The summed E-state index contributed by atoms with van der Waals surface area (Å²) in [5.41, 5.74) is 0. The minimum atomic E-state index is -5.10. The van der Waals surface area contributed by atoms with Crippen molar-refractivity contribution in [2.45, 2.75) is 174 Å². The van der Waals surface area contributed by atoms with Crippen LogP contribution in [-0.4, -0.2) is 74.7 Å². The summed E-state index contributed by atoms with van der Waals surface area (Å²) in [6.07, 6.45) is 46.9. The molecule has 10 heteroatoms. The second kappa shape index (κ2) is 39.9. The number of carbonyl (C=O) groups excluding carboxylic acids is 2. The Morgan fingerprint density at radius 2 is 1.03 bits per heavy atom. The van der Waals surface area contributed by atoms with E-state index in [9.17, 15) is 19.0 Å². The highest BCUT2D eigenvalue weighted by atomic mass is 31.2. The van der Waals surface area contributed by atoms with Gasteiger partial charge in [-0.1, -0.05) is 177 Å². The van der Waals surface area contributed by atoms with Crippen molar-refractivity contribution in [2.24, 2.45) is 0 Å². The number of phosphoric acid groups is 1. The fourth-order valence-corrected chi connectivity index (χ4v) is 6.35. The number of rotatable bonds is 40. The monoisotopic (exact) mass is 844 g/mol. The molecule has 2 atom stereocenters. The molecule has 0 aliphatic heterocycles. The van der Waals surface area contributed by atoms with Gasteiger partial charge in [0.1, 0.15) is 19.8 Å². The van der Waals surface area contributed by atoms with E-state index in [2.05, 4.69) is 68.5 Å². The normalized spacial score (nSPS) is 17.2. The van der Waals surface area contributed by atoms with Gasteiger partial charge in [0, 0.05) is 12.8 Å². The van der Waals surface area contributed by atoms with Crippen molar-refractivity contribution in [3.63, 3.8) is 0 Å². The first-order valence-electron chi connectivity index (χ1n) is 26.5. The average Bonchev–Trinajstić information content (AvgIpc) is 3.24. The minimum absolute atomic E-state index is 0.0148. The summed E-state index contributed by atoms with van der Waals surface area (Å²) in [6, 6.07) is 0. The third-order valence-corrected chi connectivity index (χ3v) is 9.91. The van der Waals surface area contributed by atoms with Gasteiger partial charge >= 0.3 is 19.8 Å². The van der Waals surface area contributed by atoms with Crippen molar-refractivity contribution >= 4 is 19.8 Å². The molecule has 334 valence electrons. The largest absolute Gasteiger partial charge is 0.472 e. The van der Waals surface area contributed by atoms with Crippen LogP contribution in [0.4, 0.5) is 0 Å². The summed E-state index contributed by atoms with van der Waals surface area (Å²) in [7, 11) is -5.10. The average molecular weight is 844 g/mol. The van der Waals surface area contributed by atoms with E-state index in [1.54, 1.807) is 0 Å². The fraction of sp³-hybridized carbons (Fsp3) is 0.708. The lowest BCUT2D eigenvalue weighted by Crippen LogP contribution is -2.37. The fourth-order valence-electron chi connectivity index (χ4n) is 5.61. The van der Waals surface area contributed by atoms with E-state index in [0.717, 1.165) is 57.8 Å². The topological polar surface area (TPSA) is 108 Å². The summed E-state index contributed by atoms with van der Waals surface area (Å²) in [5.74, 6) is -1.25. The van der Waals surface area contributed by atoms with E-state index in [0.29, 0.717) is 19.3 Å². The molecule has 0 saturated heterocycles. The molecule has 0 spiro atoms. The zero-order valence-electron chi connectivity index (χ0n) is 45.0. The molecular formula is C48H85NO8P+. The smallest absolute Gasteiger partial charge is 0.462 e. The molecule has 0 bridgehead atoms. The summed E-state index contributed by atoms with van der Waals surface area (Å²) < 4.78 is 100. The van der Waals surface area contributed by atoms with Gasteiger partial charge in [-0.3, -0.25) is 18.6 Å². The molecule has 0 fully saturated rings. The van der Waals surface area contributed by atoms with E-state index in [4.69, 9.17) is 30.9 Å². The van der Waals surface area contributed by atoms with Crippen LogP contribution in [0.3, 0.4) is 0 Å². The molecular weight excluding hydrogens is 750 g/mol. The molecule has 0 aromatic rings. The highest BCUT2D eigenvalue weighted by Gasteiger charge is 2.27. The number of allylic oxidation sites excluding steroid dienone is 12. The van der Waals surface area contributed by atoms with Crippen molar-refractivity contribution in [1.29, 1.82) is 0 Å². The van der Waals surface area contributed by atoms with Crippen molar-refractivity contribution in [3.8, 4) is 0 Å². The summed E-state index contributed by atoms with van der Waals surface area (Å²) in [5, 5.41) is 0. The summed E-state index contributed by atoms with van der Waals surface area (Å²) in [4.78, 5) is 35.8. The summed E-state index contributed by atoms with van der Waals surface area (Å²) >= 11 is 0. The van der Waals surface area contributed by atoms with Gasteiger partial charge in [0.2, 0.25) is 0 Å². The van der Waals surface area contributed by atoms with Gasteiger partial charge < -0.3 is 18.9 Å². The lowest BCUT2D eigenvalue weighted by molar-refractivity contribution is -0.870. The molecule has 0 aliphatic rings. The zero-order chi connectivity index (χ0) is 50.3. The van der Waals surface area contributed by atoms with E-state index in [1.807, 2.05) is 18.2 Å². The minimum Gasteiger partial charge on any atom is -0.462 e. The van der Waals surface area contributed by atoms with Crippen LogP contribution >= 0.6 is 7.82 Å². The van der Waals surface area contributed by atoms with Crippen LogP contribution in [0.25, 0.3) is 0 Å². The van der Waals surface area contributed by atoms with Gasteiger partial charge in [0.15, 0.2) is 6.10 Å². The number of ether oxygens (including phenoxy) is 2. The Bertz CT molecular complexity index is 1490. The highest BCUT2D eigenvalue weighted by Crippen LogP contribution is 2.43. The van der Waals surface area contributed by atoms with Gasteiger partial charge in [-0.05, 0) is 51.4 Å². The van der Waals surface area contributed by atoms with Gasteiger partial charge in [-0.25, -0.2) is 4.57 Å². The lowest BCUT2D eigenvalue weighted by atomic mass is 10.0. The maximum Gasteiger partial charge on any atom is 0.472 e. The van der Waals surface area contributed by atoms with Gasteiger partial charge in [-0.15, -0.1) is 0 Å². The maximum absolute atomic E-state index is 12.8. The lowest BCUT2D eigenvalue weighted by Gasteiger charge is -2.24.